The second-order valence-corrected chi connectivity index (χ2v) is 8.04. The Morgan fingerprint density at radius 1 is 0.829 bits per heavy atom. The molecule has 0 heterocycles. The van der Waals surface area contributed by atoms with Crippen LogP contribution < -0.4 is 19.5 Å². The zero-order valence-electron chi connectivity index (χ0n) is 20.6. The molecule has 3 aromatic carbocycles. The van der Waals surface area contributed by atoms with Gasteiger partial charge in [-0.1, -0.05) is 48.5 Å². The Balaban J connectivity index is 1.77. The molecule has 35 heavy (non-hydrogen) atoms. The molecule has 2 amide bonds. The third-order valence-corrected chi connectivity index (χ3v) is 5.75. The summed E-state index contributed by atoms with van der Waals surface area (Å²) in [7, 11) is 4.79. The van der Waals surface area contributed by atoms with Crippen LogP contribution in [-0.2, 0) is 22.6 Å². The number of benzene rings is 3. The highest BCUT2D eigenvalue weighted by Crippen LogP contribution is 2.28. The zero-order chi connectivity index (χ0) is 25.2. The highest BCUT2D eigenvalue weighted by molar-refractivity contribution is 5.88. The minimum Gasteiger partial charge on any atom is -0.497 e. The Bertz CT molecular complexity index is 1120. The van der Waals surface area contributed by atoms with Crippen molar-refractivity contribution in [2.75, 3.05) is 27.9 Å². The van der Waals surface area contributed by atoms with Gasteiger partial charge in [0.05, 0.1) is 21.3 Å². The topological polar surface area (TPSA) is 77.1 Å². The van der Waals surface area contributed by atoms with Gasteiger partial charge in [-0.15, -0.1) is 0 Å². The number of amides is 2. The molecule has 0 bridgehead atoms. The van der Waals surface area contributed by atoms with E-state index in [1.807, 2.05) is 72.8 Å². The van der Waals surface area contributed by atoms with Crippen LogP contribution >= 0.6 is 0 Å². The van der Waals surface area contributed by atoms with Gasteiger partial charge in [-0.25, -0.2) is 0 Å². The van der Waals surface area contributed by atoms with Gasteiger partial charge < -0.3 is 24.4 Å². The standard InChI is InChI=1S/C28H32N2O5/c1-20(31)30(19-22-10-13-24(33-2)14-11-22)27(23-8-6-5-7-9-23)28(32)29-17-16-21-12-15-25(34-3)26(18-21)35-4/h5-15,18,27H,16-17,19H2,1-4H3,(H,29,32). The van der Waals surface area contributed by atoms with Gasteiger partial charge in [0.15, 0.2) is 11.5 Å². The first-order valence-electron chi connectivity index (χ1n) is 11.4. The number of carbonyl (C=O) groups is 2. The fourth-order valence-electron chi connectivity index (χ4n) is 3.88. The number of hydrogen-bond donors (Lipinski definition) is 1. The molecule has 7 heteroatoms. The summed E-state index contributed by atoms with van der Waals surface area (Å²) in [4.78, 5) is 27.7. The minimum atomic E-state index is -0.763. The fraction of sp³-hybridized carbons (Fsp3) is 0.286. The lowest BCUT2D eigenvalue weighted by Crippen LogP contribution is -2.43. The van der Waals surface area contributed by atoms with Gasteiger partial charge in [0.2, 0.25) is 11.8 Å². The van der Waals surface area contributed by atoms with Crippen LogP contribution in [0, 0.1) is 0 Å². The van der Waals surface area contributed by atoms with Crippen LogP contribution in [0.4, 0.5) is 0 Å². The Hall–Kier alpha value is -4.00. The van der Waals surface area contributed by atoms with Gasteiger partial charge in [0, 0.05) is 20.0 Å². The van der Waals surface area contributed by atoms with Gasteiger partial charge >= 0.3 is 0 Å². The molecule has 0 saturated heterocycles. The van der Waals surface area contributed by atoms with Crippen molar-refractivity contribution < 1.29 is 23.8 Å². The van der Waals surface area contributed by atoms with Crippen LogP contribution in [0.15, 0.2) is 72.8 Å². The number of nitrogens with one attached hydrogen (secondary N) is 1. The number of methoxy groups -OCH3 is 3. The molecular formula is C28H32N2O5. The molecule has 1 N–H and O–H groups in total. The van der Waals surface area contributed by atoms with E-state index in [0.717, 1.165) is 22.4 Å². The van der Waals surface area contributed by atoms with Crippen LogP contribution in [0.1, 0.15) is 29.7 Å². The van der Waals surface area contributed by atoms with Crippen molar-refractivity contribution in [3.63, 3.8) is 0 Å². The maximum absolute atomic E-state index is 13.4. The summed E-state index contributed by atoms with van der Waals surface area (Å²) in [5.41, 5.74) is 2.65. The molecule has 184 valence electrons. The summed E-state index contributed by atoms with van der Waals surface area (Å²) in [6, 6.07) is 21.7. The Morgan fingerprint density at radius 3 is 2.09 bits per heavy atom. The quantitative estimate of drug-likeness (QED) is 0.450. The molecule has 3 rings (SSSR count). The summed E-state index contributed by atoms with van der Waals surface area (Å²) in [6.45, 7) is 2.18. The molecule has 1 atom stereocenters. The van der Waals surface area contributed by atoms with Gasteiger partial charge in [-0.3, -0.25) is 9.59 Å². The van der Waals surface area contributed by atoms with E-state index in [4.69, 9.17) is 14.2 Å². The lowest BCUT2D eigenvalue weighted by atomic mass is 10.0. The Labute approximate surface area is 206 Å². The highest BCUT2D eigenvalue weighted by Gasteiger charge is 2.29. The largest absolute Gasteiger partial charge is 0.497 e. The summed E-state index contributed by atoms with van der Waals surface area (Å²) in [5.74, 6) is 1.60. The predicted molar refractivity (Wildman–Crippen MR) is 135 cm³/mol. The molecule has 0 spiro atoms. The zero-order valence-corrected chi connectivity index (χ0v) is 20.6. The lowest BCUT2D eigenvalue weighted by Gasteiger charge is -2.30. The van der Waals surface area contributed by atoms with Gasteiger partial charge in [-0.05, 0) is 47.4 Å². The number of rotatable bonds is 11. The van der Waals surface area contributed by atoms with Crippen molar-refractivity contribution in [3.05, 3.63) is 89.5 Å². The average molecular weight is 477 g/mol. The van der Waals surface area contributed by atoms with Crippen molar-refractivity contribution in [2.45, 2.75) is 25.9 Å². The Morgan fingerprint density at radius 2 is 1.49 bits per heavy atom. The second kappa shape index (κ2) is 12.5. The first kappa shape index (κ1) is 25.6. The molecular weight excluding hydrogens is 444 g/mol. The van der Waals surface area contributed by atoms with E-state index >= 15 is 0 Å². The number of nitrogens with zero attached hydrogens (tertiary/aromatic N) is 1. The van der Waals surface area contributed by atoms with Crippen molar-refractivity contribution >= 4 is 11.8 Å². The van der Waals surface area contributed by atoms with Crippen LogP contribution in [0.5, 0.6) is 17.2 Å². The van der Waals surface area contributed by atoms with Crippen LogP contribution in [0.25, 0.3) is 0 Å². The van der Waals surface area contributed by atoms with Crippen molar-refractivity contribution in [1.29, 1.82) is 0 Å². The third kappa shape index (κ3) is 6.76. The van der Waals surface area contributed by atoms with Crippen molar-refractivity contribution in [3.8, 4) is 17.2 Å². The van der Waals surface area contributed by atoms with E-state index in [1.165, 1.54) is 6.92 Å². The molecule has 0 saturated carbocycles. The maximum atomic E-state index is 13.4. The number of carbonyl (C=O) groups excluding carboxylic acids is 2. The summed E-state index contributed by atoms with van der Waals surface area (Å²) < 4.78 is 15.9. The average Bonchev–Trinajstić information content (AvgIpc) is 2.89. The van der Waals surface area contributed by atoms with E-state index in [-0.39, 0.29) is 11.8 Å². The van der Waals surface area contributed by atoms with E-state index < -0.39 is 6.04 Å². The summed E-state index contributed by atoms with van der Waals surface area (Å²) in [6.07, 6.45) is 0.603. The third-order valence-electron chi connectivity index (χ3n) is 5.75. The molecule has 7 nitrogen and oxygen atoms in total. The van der Waals surface area contributed by atoms with Gasteiger partial charge in [0.25, 0.3) is 0 Å². The van der Waals surface area contributed by atoms with E-state index in [2.05, 4.69) is 5.32 Å². The number of hydrogen-bond acceptors (Lipinski definition) is 5. The first-order chi connectivity index (χ1) is 17.0. The molecule has 0 radical (unpaired) electrons. The normalized spacial score (nSPS) is 11.3. The summed E-state index contributed by atoms with van der Waals surface area (Å²) >= 11 is 0. The minimum absolute atomic E-state index is 0.190. The van der Waals surface area contributed by atoms with Gasteiger partial charge in [0.1, 0.15) is 11.8 Å². The molecule has 0 aliphatic carbocycles. The highest BCUT2D eigenvalue weighted by atomic mass is 16.5. The molecule has 0 aliphatic rings. The van der Waals surface area contributed by atoms with Crippen molar-refractivity contribution in [2.24, 2.45) is 0 Å². The fourth-order valence-corrected chi connectivity index (χ4v) is 3.88. The second-order valence-electron chi connectivity index (χ2n) is 8.04. The summed E-state index contributed by atoms with van der Waals surface area (Å²) in [5, 5.41) is 3.01. The van der Waals surface area contributed by atoms with Crippen LogP contribution in [0.2, 0.25) is 0 Å². The van der Waals surface area contributed by atoms with Crippen LogP contribution in [-0.4, -0.2) is 44.6 Å². The molecule has 0 aromatic heterocycles. The van der Waals surface area contributed by atoms with Crippen LogP contribution in [0.3, 0.4) is 0 Å². The van der Waals surface area contributed by atoms with E-state index in [9.17, 15) is 9.59 Å². The first-order valence-corrected chi connectivity index (χ1v) is 11.4. The smallest absolute Gasteiger partial charge is 0.247 e. The Kier molecular flexibility index (Phi) is 9.12. The molecule has 1 unspecified atom stereocenters. The lowest BCUT2D eigenvalue weighted by molar-refractivity contribution is -0.140. The van der Waals surface area contributed by atoms with E-state index in [1.54, 1.807) is 26.2 Å². The monoisotopic (exact) mass is 476 g/mol. The predicted octanol–water partition coefficient (Wildman–Crippen LogP) is 4.16. The molecule has 0 fully saturated rings. The number of ether oxygens (including phenoxy) is 3. The van der Waals surface area contributed by atoms with Crippen molar-refractivity contribution in [1.82, 2.24) is 10.2 Å². The van der Waals surface area contributed by atoms with E-state index in [0.29, 0.717) is 31.0 Å². The van der Waals surface area contributed by atoms with Gasteiger partial charge in [-0.2, -0.15) is 0 Å². The molecule has 0 aliphatic heterocycles. The SMILES string of the molecule is COc1ccc(CN(C(C)=O)C(C(=O)NCCc2ccc(OC)c(OC)c2)c2ccccc2)cc1. The molecule has 3 aromatic rings. The maximum Gasteiger partial charge on any atom is 0.247 e.